The van der Waals surface area contributed by atoms with Crippen LogP contribution < -0.4 is 21.3 Å². The molecule has 0 aliphatic rings. The largest absolute Gasteiger partial charge is 0.467 e. The zero-order chi connectivity index (χ0) is 38.6. The zero-order valence-electron chi connectivity index (χ0n) is 31.0. The summed E-state index contributed by atoms with van der Waals surface area (Å²) in [5.74, 6) is -3.08. The SMILES string of the molecule is COC(=O)[C@H](COC(C)=O)NC(=O)[C@H](CO[Si](C)(C)C(C)(C)C)NC(=O)c1csc(-c2ccc(CNC(=O)CCNC(=O)OC(C)(C)C)cc2)n1. The first-order valence-electron chi connectivity index (χ1n) is 16.4. The molecule has 0 radical (unpaired) electrons. The Hall–Kier alpha value is -4.35. The van der Waals surface area contributed by atoms with Gasteiger partial charge in [-0.05, 0) is 44.5 Å². The summed E-state index contributed by atoms with van der Waals surface area (Å²) in [4.78, 5) is 78.9. The van der Waals surface area contributed by atoms with Crippen LogP contribution >= 0.6 is 11.3 Å². The van der Waals surface area contributed by atoms with Crippen LogP contribution in [0.3, 0.4) is 0 Å². The van der Waals surface area contributed by atoms with E-state index in [2.05, 4.69) is 26.3 Å². The summed E-state index contributed by atoms with van der Waals surface area (Å²) in [6.07, 6.45) is -0.497. The van der Waals surface area contributed by atoms with Crippen molar-refractivity contribution in [2.24, 2.45) is 0 Å². The standard InChI is InChI=1S/C34H51N5O10SSi/c1-21(40)47-18-25(31(44)46-8)38-28(42)24(19-48-51(9,10)34(5,6)7)37-29(43)26-20-50-30(39-26)23-13-11-22(12-14-23)17-36-27(41)15-16-35-32(45)49-33(2,3)4/h11-14,20,24-25H,15-19H2,1-10H3,(H,35,45)(H,36,41)(H,37,43)(H,38,42)/t24-,25-/m0/s1. The van der Waals surface area contributed by atoms with Crippen molar-refractivity contribution in [3.05, 3.63) is 40.9 Å². The molecule has 0 saturated carbocycles. The highest BCUT2D eigenvalue weighted by molar-refractivity contribution is 7.13. The molecule has 0 spiro atoms. The van der Waals surface area contributed by atoms with Crippen molar-refractivity contribution in [2.45, 2.75) is 97.2 Å². The first-order valence-corrected chi connectivity index (χ1v) is 20.2. The zero-order valence-corrected chi connectivity index (χ0v) is 32.8. The minimum Gasteiger partial charge on any atom is -0.467 e. The molecule has 1 heterocycles. The number of hydrogen-bond acceptors (Lipinski definition) is 12. The van der Waals surface area contributed by atoms with E-state index in [0.717, 1.165) is 18.2 Å². The Kier molecular flexibility index (Phi) is 15.7. The average molecular weight is 750 g/mol. The maximum absolute atomic E-state index is 13.4. The van der Waals surface area contributed by atoms with Crippen molar-refractivity contribution < 1.29 is 47.4 Å². The molecule has 51 heavy (non-hydrogen) atoms. The van der Waals surface area contributed by atoms with E-state index >= 15 is 0 Å². The van der Waals surface area contributed by atoms with Crippen molar-refractivity contribution in [3.63, 3.8) is 0 Å². The van der Waals surface area contributed by atoms with Crippen LogP contribution in [0.2, 0.25) is 18.1 Å². The number of alkyl carbamates (subject to hydrolysis) is 1. The Labute approximate surface area is 304 Å². The average Bonchev–Trinajstić information content (AvgIpc) is 3.53. The number of carbonyl (C=O) groups is 6. The number of benzene rings is 1. The maximum Gasteiger partial charge on any atom is 0.407 e. The smallest absolute Gasteiger partial charge is 0.407 e. The third-order valence-corrected chi connectivity index (χ3v) is 13.1. The molecule has 4 amide bonds. The molecule has 4 N–H and O–H groups in total. The molecular weight excluding hydrogens is 699 g/mol. The lowest BCUT2D eigenvalue weighted by Gasteiger charge is -2.37. The quantitative estimate of drug-likeness (QED) is 0.111. The van der Waals surface area contributed by atoms with Crippen LogP contribution in [-0.4, -0.2) is 93.6 Å². The molecule has 2 rings (SSSR count). The molecule has 0 saturated heterocycles. The van der Waals surface area contributed by atoms with Crippen molar-refractivity contribution in [1.29, 1.82) is 0 Å². The molecule has 0 fully saturated rings. The van der Waals surface area contributed by atoms with Crippen molar-refractivity contribution in [2.75, 3.05) is 26.9 Å². The fourth-order valence-electron chi connectivity index (χ4n) is 3.86. The predicted octanol–water partition coefficient (Wildman–Crippen LogP) is 3.68. The third-order valence-electron chi connectivity index (χ3n) is 7.74. The van der Waals surface area contributed by atoms with Gasteiger partial charge in [-0.25, -0.2) is 14.6 Å². The fourth-order valence-corrected chi connectivity index (χ4v) is 5.69. The molecule has 0 bridgehead atoms. The minimum absolute atomic E-state index is 0.0703. The van der Waals surface area contributed by atoms with Gasteiger partial charge in [-0.3, -0.25) is 19.2 Å². The lowest BCUT2D eigenvalue weighted by atomic mass is 10.1. The van der Waals surface area contributed by atoms with Crippen molar-refractivity contribution in [3.8, 4) is 10.6 Å². The van der Waals surface area contributed by atoms with Gasteiger partial charge in [-0.15, -0.1) is 11.3 Å². The van der Waals surface area contributed by atoms with Crippen molar-refractivity contribution in [1.82, 2.24) is 26.3 Å². The van der Waals surface area contributed by atoms with Crippen LogP contribution in [0.1, 0.15) is 70.9 Å². The second-order valence-corrected chi connectivity index (χ2v) is 19.8. The lowest BCUT2D eigenvalue weighted by Crippen LogP contribution is -2.56. The van der Waals surface area contributed by atoms with Gasteiger partial charge >= 0.3 is 18.0 Å². The third kappa shape index (κ3) is 14.8. The summed E-state index contributed by atoms with van der Waals surface area (Å²) in [7, 11) is -1.23. The lowest BCUT2D eigenvalue weighted by molar-refractivity contribution is -0.151. The monoisotopic (exact) mass is 749 g/mol. The Morgan fingerprint density at radius 2 is 1.55 bits per heavy atom. The summed E-state index contributed by atoms with van der Waals surface area (Å²) in [6.45, 7) is 16.3. The maximum atomic E-state index is 13.4. The molecule has 2 atom stereocenters. The van der Waals surface area contributed by atoms with Gasteiger partial charge in [0.05, 0.1) is 13.7 Å². The highest BCUT2D eigenvalue weighted by Crippen LogP contribution is 2.36. The number of hydrogen-bond donors (Lipinski definition) is 4. The molecular formula is C34H51N5O10SSi. The number of carbonyl (C=O) groups excluding carboxylic acids is 6. The molecule has 17 heteroatoms. The number of esters is 2. The number of methoxy groups -OCH3 is 1. The second kappa shape index (κ2) is 18.8. The second-order valence-electron chi connectivity index (χ2n) is 14.2. The molecule has 0 aliphatic carbocycles. The number of nitrogens with one attached hydrogen (secondary N) is 4. The van der Waals surface area contributed by atoms with E-state index in [4.69, 9.17) is 18.6 Å². The Balaban J connectivity index is 2.08. The van der Waals surface area contributed by atoms with Crippen LogP contribution in [0.15, 0.2) is 29.6 Å². The number of thiazole rings is 1. The highest BCUT2D eigenvalue weighted by atomic mass is 32.1. The first-order chi connectivity index (χ1) is 23.6. The normalized spacial score (nSPS) is 12.9. The molecule has 15 nitrogen and oxygen atoms in total. The van der Waals surface area contributed by atoms with Crippen LogP contribution in [0.5, 0.6) is 0 Å². The predicted molar refractivity (Wildman–Crippen MR) is 193 cm³/mol. The van der Waals surface area contributed by atoms with Crippen LogP contribution in [0, 0.1) is 0 Å². The van der Waals surface area contributed by atoms with Gasteiger partial charge in [0, 0.05) is 37.4 Å². The Bertz CT molecular complexity index is 1530. The molecule has 2 aromatic rings. The summed E-state index contributed by atoms with van der Waals surface area (Å²) in [5.41, 5.74) is 1.01. The van der Waals surface area contributed by atoms with Gasteiger partial charge in [0.15, 0.2) is 14.4 Å². The van der Waals surface area contributed by atoms with Crippen molar-refractivity contribution >= 4 is 55.4 Å². The van der Waals surface area contributed by atoms with Crippen LogP contribution in [-0.2, 0) is 44.4 Å². The van der Waals surface area contributed by atoms with Gasteiger partial charge in [0.25, 0.3) is 5.91 Å². The van der Waals surface area contributed by atoms with E-state index < -0.39 is 62.5 Å². The van der Waals surface area contributed by atoms with Gasteiger partial charge in [0.2, 0.25) is 11.8 Å². The highest BCUT2D eigenvalue weighted by Gasteiger charge is 2.39. The van der Waals surface area contributed by atoms with Gasteiger partial charge in [-0.1, -0.05) is 45.0 Å². The summed E-state index contributed by atoms with van der Waals surface area (Å²) >= 11 is 1.23. The fraction of sp³-hybridized carbons (Fsp3) is 0.559. The Morgan fingerprint density at radius 3 is 2.12 bits per heavy atom. The number of ether oxygens (including phenoxy) is 3. The topological polar surface area (TPSA) is 200 Å². The van der Waals surface area contributed by atoms with E-state index in [1.165, 1.54) is 18.3 Å². The van der Waals surface area contributed by atoms with E-state index in [-0.39, 0.29) is 42.8 Å². The van der Waals surface area contributed by atoms with E-state index in [1.54, 1.807) is 26.2 Å². The van der Waals surface area contributed by atoms with Gasteiger partial charge in [-0.2, -0.15) is 0 Å². The number of amides is 4. The minimum atomic E-state index is -2.37. The molecule has 0 aliphatic heterocycles. The van der Waals surface area contributed by atoms with Crippen LogP contribution in [0.25, 0.3) is 10.6 Å². The molecule has 1 aromatic carbocycles. The van der Waals surface area contributed by atoms with Crippen LogP contribution in [0.4, 0.5) is 4.79 Å². The van der Waals surface area contributed by atoms with E-state index in [0.29, 0.717) is 5.01 Å². The number of rotatable bonds is 16. The summed E-state index contributed by atoms with van der Waals surface area (Å²) < 4.78 is 21.1. The van der Waals surface area contributed by atoms with E-state index in [9.17, 15) is 28.8 Å². The van der Waals surface area contributed by atoms with E-state index in [1.807, 2.05) is 58.1 Å². The Morgan fingerprint density at radius 1 is 0.902 bits per heavy atom. The number of aromatic nitrogens is 1. The molecule has 1 aromatic heterocycles. The summed E-state index contributed by atoms with van der Waals surface area (Å²) in [5, 5.41) is 12.4. The first kappa shape index (κ1) is 42.8. The molecule has 282 valence electrons. The van der Waals surface area contributed by atoms with Gasteiger partial charge < -0.3 is 39.9 Å². The molecule has 0 unspecified atom stereocenters. The number of nitrogens with zero attached hydrogens (tertiary/aromatic N) is 1. The summed E-state index contributed by atoms with van der Waals surface area (Å²) in [6, 6.07) is 4.74. The van der Waals surface area contributed by atoms with Gasteiger partial charge in [0.1, 0.15) is 29.0 Å².